The number of fused-ring (bicyclic) bond motifs is 3. The summed E-state index contributed by atoms with van der Waals surface area (Å²) in [7, 11) is 2.08. The molecule has 4 aromatic rings. The summed E-state index contributed by atoms with van der Waals surface area (Å²) in [6, 6.07) is 10.8. The van der Waals surface area contributed by atoms with Gasteiger partial charge >= 0.3 is 0 Å². The maximum atomic E-state index is 6.17. The lowest BCUT2D eigenvalue weighted by Gasteiger charge is -2.06. The van der Waals surface area contributed by atoms with Crippen molar-refractivity contribution in [3.63, 3.8) is 0 Å². The molecule has 0 fully saturated rings. The Hall–Kier alpha value is -2.68. The van der Waals surface area contributed by atoms with Gasteiger partial charge in [0, 0.05) is 29.1 Å². The third kappa shape index (κ3) is 2.12. The van der Waals surface area contributed by atoms with Crippen LogP contribution in [-0.2, 0) is 13.5 Å². The molecule has 0 bridgehead atoms. The molecule has 0 aliphatic rings. The van der Waals surface area contributed by atoms with Gasteiger partial charge in [-0.1, -0.05) is 19.1 Å². The Morgan fingerprint density at radius 2 is 2.00 bits per heavy atom. The highest BCUT2D eigenvalue weighted by Gasteiger charge is 2.20. The quantitative estimate of drug-likeness (QED) is 0.515. The van der Waals surface area contributed by atoms with E-state index in [0.717, 1.165) is 33.9 Å². The van der Waals surface area contributed by atoms with Crippen molar-refractivity contribution in [3.05, 3.63) is 60.0 Å². The van der Waals surface area contributed by atoms with Crippen molar-refractivity contribution in [2.45, 2.75) is 20.3 Å². The lowest BCUT2D eigenvalue weighted by molar-refractivity contribution is -0.660. The highest BCUT2D eigenvalue weighted by atomic mass is 16.3. The van der Waals surface area contributed by atoms with Crippen LogP contribution in [0.15, 0.2) is 53.3 Å². The Labute approximate surface area is 135 Å². The van der Waals surface area contributed by atoms with Gasteiger partial charge in [0.15, 0.2) is 11.8 Å². The van der Waals surface area contributed by atoms with Crippen molar-refractivity contribution in [3.8, 4) is 11.3 Å². The van der Waals surface area contributed by atoms with Gasteiger partial charge in [-0.3, -0.25) is 4.98 Å². The molecule has 3 nitrogen and oxygen atoms in total. The van der Waals surface area contributed by atoms with Gasteiger partial charge in [-0.25, -0.2) is 4.57 Å². The number of benzene rings is 1. The van der Waals surface area contributed by atoms with Crippen LogP contribution in [0.25, 0.3) is 33.2 Å². The Morgan fingerprint density at radius 3 is 2.83 bits per heavy atom. The predicted octanol–water partition coefficient (Wildman–Crippen LogP) is 4.34. The normalized spacial score (nSPS) is 11.4. The number of hydrogen-bond donors (Lipinski definition) is 0. The third-order valence-corrected chi connectivity index (χ3v) is 4.53. The van der Waals surface area contributed by atoms with Crippen LogP contribution < -0.4 is 4.57 Å². The van der Waals surface area contributed by atoms with Gasteiger partial charge in [0.2, 0.25) is 5.69 Å². The molecule has 0 aliphatic heterocycles. The highest BCUT2D eigenvalue weighted by molar-refractivity contribution is 6.09. The molecule has 0 atom stereocenters. The van der Waals surface area contributed by atoms with Crippen LogP contribution in [0.5, 0.6) is 0 Å². The molecule has 0 saturated heterocycles. The number of nitrogens with zero attached hydrogens (tertiary/aromatic N) is 2. The monoisotopic (exact) mass is 303 g/mol. The summed E-state index contributed by atoms with van der Waals surface area (Å²) < 4.78 is 8.33. The van der Waals surface area contributed by atoms with Crippen LogP contribution in [0, 0.1) is 6.92 Å². The van der Waals surface area contributed by atoms with E-state index in [1.807, 2.05) is 12.3 Å². The SMILES string of the molecule is CCc1cc[n+](C)c(-c2c(C)ccc3c2oc2cnccc23)c1. The maximum absolute atomic E-state index is 6.17. The molecule has 3 heteroatoms. The molecule has 1 aromatic carbocycles. The first kappa shape index (κ1) is 13.9. The van der Waals surface area contributed by atoms with E-state index in [2.05, 4.69) is 60.9 Å². The molecule has 0 spiro atoms. The number of furan rings is 1. The van der Waals surface area contributed by atoms with E-state index in [0.29, 0.717) is 0 Å². The zero-order valence-electron chi connectivity index (χ0n) is 13.6. The van der Waals surface area contributed by atoms with E-state index in [-0.39, 0.29) is 0 Å². The number of rotatable bonds is 2. The zero-order valence-corrected chi connectivity index (χ0v) is 13.6. The van der Waals surface area contributed by atoms with Crippen molar-refractivity contribution >= 4 is 21.9 Å². The molecule has 3 heterocycles. The van der Waals surface area contributed by atoms with Crippen LogP contribution in [0.4, 0.5) is 0 Å². The lowest BCUT2D eigenvalue weighted by Crippen LogP contribution is -2.30. The van der Waals surface area contributed by atoms with Gasteiger partial charge in [-0.2, -0.15) is 0 Å². The van der Waals surface area contributed by atoms with Crippen molar-refractivity contribution in [1.82, 2.24) is 4.98 Å². The van der Waals surface area contributed by atoms with Crippen molar-refractivity contribution in [1.29, 1.82) is 0 Å². The largest absolute Gasteiger partial charge is 0.454 e. The summed E-state index contributed by atoms with van der Waals surface area (Å²) in [6.07, 6.45) is 6.75. The zero-order chi connectivity index (χ0) is 16.0. The van der Waals surface area contributed by atoms with Crippen molar-refractivity contribution < 1.29 is 8.98 Å². The number of aryl methyl sites for hydroxylation is 3. The minimum atomic E-state index is 0.837. The van der Waals surface area contributed by atoms with E-state index in [1.54, 1.807) is 6.20 Å². The fraction of sp³-hybridized carbons (Fsp3) is 0.200. The van der Waals surface area contributed by atoms with E-state index in [9.17, 15) is 0 Å². The summed E-state index contributed by atoms with van der Waals surface area (Å²) in [5, 5.41) is 2.26. The number of aromatic nitrogens is 2. The number of hydrogen-bond acceptors (Lipinski definition) is 2. The molecule has 0 amide bonds. The molecule has 0 saturated carbocycles. The smallest absolute Gasteiger partial charge is 0.216 e. The minimum Gasteiger partial charge on any atom is -0.454 e. The molecular formula is C20H19N2O+. The van der Waals surface area contributed by atoms with E-state index in [4.69, 9.17) is 4.42 Å². The molecule has 0 unspecified atom stereocenters. The van der Waals surface area contributed by atoms with Crippen molar-refractivity contribution in [2.24, 2.45) is 7.05 Å². The first-order valence-electron chi connectivity index (χ1n) is 7.94. The Balaban J connectivity index is 2.12. The second kappa shape index (κ2) is 5.20. The summed E-state index contributed by atoms with van der Waals surface area (Å²) in [5.74, 6) is 0. The molecule has 0 aliphatic carbocycles. The van der Waals surface area contributed by atoms with E-state index < -0.39 is 0 Å². The van der Waals surface area contributed by atoms with Gasteiger partial charge < -0.3 is 4.42 Å². The average molecular weight is 303 g/mol. The predicted molar refractivity (Wildman–Crippen MR) is 92.2 cm³/mol. The van der Waals surface area contributed by atoms with Gasteiger partial charge in [0.1, 0.15) is 12.6 Å². The minimum absolute atomic E-state index is 0.837. The van der Waals surface area contributed by atoms with Crippen LogP contribution in [0.2, 0.25) is 0 Å². The summed E-state index contributed by atoms with van der Waals surface area (Å²) in [4.78, 5) is 4.18. The third-order valence-electron chi connectivity index (χ3n) is 4.53. The van der Waals surface area contributed by atoms with E-state index in [1.165, 1.54) is 16.8 Å². The topological polar surface area (TPSA) is 29.9 Å². The van der Waals surface area contributed by atoms with Gasteiger partial charge in [-0.15, -0.1) is 0 Å². The van der Waals surface area contributed by atoms with Crippen molar-refractivity contribution in [2.75, 3.05) is 0 Å². The van der Waals surface area contributed by atoms with Crippen LogP contribution in [-0.4, -0.2) is 4.98 Å². The van der Waals surface area contributed by atoms with Gasteiger partial charge in [0.25, 0.3) is 0 Å². The van der Waals surface area contributed by atoms with Crippen LogP contribution in [0.3, 0.4) is 0 Å². The van der Waals surface area contributed by atoms with Crippen LogP contribution >= 0.6 is 0 Å². The Morgan fingerprint density at radius 1 is 1.13 bits per heavy atom. The highest BCUT2D eigenvalue weighted by Crippen LogP contribution is 2.36. The molecule has 3 aromatic heterocycles. The maximum Gasteiger partial charge on any atom is 0.216 e. The first-order chi connectivity index (χ1) is 11.2. The van der Waals surface area contributed by atoms with Gasteiger partial charge in [-0.05, 0) is 30.5 Å². The van der Waals surface area contributed by atoms with Gasteiger partial charge in [0.05, 0.1) is 11.8 Å². The Bertz CT molecular complexity index is 1030. The second-order valence-electron chi connectivity index (χ2n) is 5.99. The summed E-state index contributed by atoms with van der Waals surface area (Å²) >= 11 is 0. The van der Waals surface area contributed by atoms with Crippen LogP contribution in [0.1, 0.15) is 18.1 Å². The molecule has 0 radical (unpaired) electrons. The molecular weight excluding hydrogens is 284 g/mol. The Kier molecular flexibility index (Phi) is 3.15. The second-order valence-corrected chi connectivity index (χ2v) is 5.99. The molecule has 0 N–H and O–H groups in total. The fourth-order valence-electron chi connectivity index (χ4n) is 3.19. The molecule has 114 valence electrons. The number of pyridine rings is 2. The summed E-state index contributed by atoms with van der Waals surface area (Å²) in [6.45, 7) is 4.32. The fourth-order valence-corrected chi connectivity index (χ4v) is 3.19. The molecule has 23 heavy (non-hydrogen) atoms. The first-order valence-corrected chi connectivity index (χ1v) is 7.94. The summed E-state index contributed by atoms with van der Waals surface area (Å²) in [5.41, 5.74) is 6.66. The lowest BCUT2D eigenvalue weighted by atomic mass is 9.99. The van der Waals surface area contributed by atoms with E-state index >= 15 is 0 Å². The standard InChI is InChI=1S/C20H19N2O/c1-4-14-8-10-22(3)17(11-14)19-13(2)5-6-16-15-7-9-21-12-18(15)23-20(16)19/h5-12H,4H2,1-3H3/q+1. The average Bonchev–Trinajstić information content (AvgIpc) is 2.94. The molecule has 4 rings (SSSR count).